The Hall–Kier alpha value is -1.17. The number of hydrogen-bond donors (Lipinski definition) is 0. The van der Waals surface area contributed by atoms with E-state index in [9.17, 15) is 18.0 Å². The molecule has 1 aromatic carbocycles. The minimum atomic E-state index is -4.30. The van der Waals surface area contributed by atoms with Crippen LogP contribution in [0.15, 0.2) is 29.2 Å². The summed E-state index contributed by atoms with van der Waals surface area (Å²) in [6.45, 7) is 1.64. The van der Waals surface area contributed by atoms with Crippen molar-refractivity contribution < 1.29 is 22.7 Å². The molecule has 0 saturated heterocycles. The monoisotopic (exact) mass is 264 g/mol. The molecule has 2 nitrogen and oxygen atoms in total. The first-order valence-corrected chi connectivity index (χ1v) is 5.58. The summed E-state index contributed by atoms with van der Waals surface area (Å²) >= 11 is -0.181. The molecule has 0 saturated carbocycles. The molecule has 6 heteroatoms. The molecule has 0 fully saturated rings. The van der Waals surface area contributed by atoms with Crippen LogP contribution in [0.25, 0.3) is 0 Å². The van der Waals surface area contributed by atoms with Gasteiger partial charge in [0, 0.05) is 4.90 Å². The van der Waals surface area contributed by atoms with E-state index in [0.717, 1.165) is 0 Å². The van der Waals surface area contributed by atoms with Crippen molar-refractivity contribution in [1.82, 2.24) is 0 Å². The summed E-state index contributed by atoms with van der Waals surface area (Å²) in [5.41, 5.74) is -3.67. The molecule has 0 radical (unpaired) electrons. The number of thioether (sulfide) groups is 1. The lowest BCUT2D eigenvalue weighted by atomic mass is 10.0. The highest BCUT2D eigenvalue weighted by atomic mass is 32.2. The van der Waals surface area contributed by atoms with Crippen molar-refractivity contribution in [1.29, 1.82) is 0 Å². The maximum atomic E-state index is 12.1. The van der Waals surface area contributed by atoms with Gasteiger partial charge in [-0.3, -0.25) is 4.79 Å². The SMILES string of the molecule is COC(=O)C(C)c1ccc(SC(F)(F)F)cc1. The van der Waals surface area contributed by atoms with E-state index < -0.39 is 17.4 Å². The predicted molar refractivity (Wildman–Crippen MR) is 58.8 cm³/mol. The third kappa shape index (κ3) is 4.30. The second-order valence-electron chi connectivity index (χ2n) is 3.36. The zero-order valence-electron chi connectivity index (χ0n) is 9.25. The van der Waals surface area contributed by atoms with E-state index in [1.54, 1.807) is 6.92 Å². The van der Waals surface area contributed by atoms with Gasteiger partial charge in [-0.05, 0) is 36.4 Å². The van der Waals surface area contributed by atoms with E-state index in [-0.39, 0.29) is 16.7 Å². The zero-order valence-corrected chi connectivity index (χ0v) is 10.1. The minimum Gasteiger partial charge on any atom is -0.469 e. The number of benzene rings is 1. The van der Waals surface area contributed by atoms with Crippen molar-refractivity contribution in [3.05, 3.63) is 29.8 Å². The number of carbonyl (C=O) groups excluding carboxylic acids is 1. The highest BCUT2D eigenvalue weighted by Gasteiger charge is 2.29. The van der Waals surface area contributed by atoms with Gasteiger partial charge >= 0.3 is 11.5 Å². The minimum absolute atomic E-state index is 0.0957. The molecule has 0 heterocycles. The van der Waals surface area contributed by atoms with E-state index in [0.29, 0.717) is 5.56 Å². The Balaban J connectivity index is 2.78. The number of hydrogen-bond acceptors (Lipinski definition) is 3. The van der Waals surface area contributed by atoms with Crippen molar-refractivity contribution in [2.24, 2.45) is 0 Å². The van der Waals surface area contributed by atoms with Gasteiger partial charge in [-0.1, -0.05) is 12.1 Å². The molecular formula is C11H11F3O2S. The highest BCUT2D eigenvalue weighted by molar-refractivity contribution is 8.00. The summed E-state index contributed by atoms with van der Waals surface area (Å²) < 4.78 is 40.8. The fraction of sp³-hybridized carbons (Fsp3) is 0.364. The molecule has 1 aromatic rings. The van der Waals surface area contributed by atoms with E-state index in [1.807, 2.05) is 0 Å². The van der Waals surface area contributed by atoms with E-state index >= 15 is 0 Å². The molecule has 1 atom stereocenters. The predicted octanol–water partition coefficient (Wildman–Crippen LogP) is 3.58. The molecule has 0 amide bonds. The summed E-state index contributed by atoms with van der Waals surface area (Å²) in [4.78, 5) is 11.3. The van der Waals surface area contributed by atoms with Gasteiger partial charge in [-0.15, -0.1) is 0 Å². The van der Waals surface area contributed by atoms with Crippen molar-refractivity contribution in [2.45, 2.75) is 23.2 Å². The number of methoxy groups -OCH3 is 1. The fourth-order valence-electron chi connectivity index (χ4n) is 1.27. The molecule has 0 N–H and O–H groups in total. The lowest BCUT2D eigenvalue weighted by molar-refractivity contribution is -0.142. The van der Waals surface area contributed by atoms with Crippen LogP contribution in [-0.2, 0) is 9.53 Å². The number of carbonyl (C=O) groups is 1. The van der Waals surface area contributed by atoms with Gasteiger partial charge in [0.25, 0.3) is 0 Å². The smallest absolute Gasteiger partial charge is 0.446 e. The van der Waals surface area contributed by atoms with E-state index in [2.05, 4.69) is 4.74 Å². The van der Waals surface area contributed by atoms with Crippen LogP contribution in [-0.4, -0.2) is 18.6 Å². The van der Waals surface area contributed by atoms with Crippen LogP contribution in [0.1, 0.15) is 18.4 Å². The number of esters is 1. The Kier molecular flexibility index (Phi) is 4.45. The average molecular weight is 264 g/mol. The van der Waals surface area contributed by atoms with E-state index in [4.69, 9.17) is 0 Å². The summed E-state index contributed by atoms with van der Waals surface area (Å²) in [5, 5.41) is 0. The first-order chi connectivity index (χ1) is 7.83. The Morgan fingerprint density at radius 2 is 1.82 bits per heavy atom. The van der Waals surface area contributed by atoms with Crippen LogP contribution in [0.2, 0.25) is 0 Å². The van der Waals surface area contributed by atoms with Crippen molar-refractivity contribution in [3.63, 3.8) is 0 Å². The number of ether oxygens (including phenoxy) is 1. The summed E-state index contributed by atoms with van der Waals surface area (Å²) in [6.07, 6.45) is 0. The Labute approximate surface area is 101 Å². The maximum absolute atomic E-state index is 12.1. The average Bonchev–Trinajstić information content (AvgIpc) is 2.26. The van der Waals surface area contributed by atoms with Crippen LogP contribution in [0.5, 0.6) is 0 Å². The van der Waals surface area contributed by atoms with E-state index in [1.165, 1.54) is 31.4 Å². The number of rotatable bonds is 3. The van der Waals surface area contributed by atoms with Crippen LogP contribution >= 0.6 is 11.8 Å². The topological polar surface area (TPSA) is 26.3 Å². The van der Waals surface area contributed by atoms with Gasteiger partial charge in [0.2, 0.25) is 0 Å². The lowest BCUT2D eigenvalue weighted by Crippen LogP contribution is -2.10. The number of halogens is 3. The third-order valence-corrected chi connectivity index (χ3v) is 2.91. The molecule has 1 unspecified atom stereocenters. The molecule has 0 aliphatic heterocycles. The first-order valence-electron chi connectivity index (χ1n) is 4.77. The van der Waals surface area contributed by atoms with Crippen LogP contribution in [0.3, 0.4) is 0 Å². The van der Waals surface area contributed by atoms with Crippen LogP contribution in [0.4, 0.5) is 13.2 Å². The van der Waals surface area contributed by atoms with Crippen LogP contribution < -0.4 is 0 Å². The van der Waals surface area contributed by atoms with Gasteiger partial charge in [0.05, 0.1) is 13.0 Å². The molecule has 0 spiro atoms. The Morgan fingerprint density at radius 3 is 2.24 bits per heavy atom. The zero-order chi connectivity index (χ0) is 13.1. The molecule has 0 aliphatic rings. The lowest BCUT2D eigenvalue weighted by Gasteiger charge is -2.10. The molecule has 94 valence electrons. The third-order valence-electron chi connectivity index (χ3n) is 2.17. The summed E-state index contributed by atoms with van der Waals surface area (Å²) in [7, 11) is 1.27. The summed E-state index contributed by atoms with van der Waals surface area (Å²) in [6, 6.07) is 5.67. The highest BCUT2D eigenvalue weighted by Crippen LogP contribution is 2.37. The van der Waals surface area contributed by atoms with Crippen molar-refractivity contribution in [2.75, 3.05) is 7.11 Å². The normalized spacial score (nSPS) is 13.2. The number of alkyl halides is 3. The maximum Gasteiger partial charge on any atom is 0.446 e. The summed E-state index contributed by atoms with van der Waals surface area (Å²) in [5.74, 6) is -0.897. The van der Waals surface area contributed by atoms with Crippen molar-refractivity contribution in [3.8, 4) is 0 Å². The van der Waals surface area contributed by atoms with Gasteiger partial charge in [0.15, 0.2) is 0 Å². The Bertz CT molecular complexity index is 387. The molecule has 0 bridgehead atoms. The second kappa shape index (κ2) is 5.44. The standard InChI is InChI=1S/C11H11F3O2S/c1-7(10(15)16-2)8-3-5-9(6-4-8)17-11(12,13)14/h3-7H,1-2H3. The fourth-order valence-corrected chi connectivity index (χ4v) is 1.81. The second-order valence-corrected chi connectivity index (χ2v) is 4.50. The van der Waals surface area contributed by atoms with Gasteiger partial charge < -0.3 is 4.74 Å². The molecular weight excluding hydrogens is 253 g/mol. The molecule has 17 heavy (non-hydrogen) atoms. The van der Waals surface area contributed by atoms with Gasteiger partial charge in [-0.2, -0.15) is 13.2 Å². The van der Waals surface area contributed by atoms with Crippen LogP contribution in [0, 0.1) is 0 Å². The van der Waals surface area contributed by atoms with Crippen molar-refractivity contribution >= 4 is 17.7 Å². The molecule has 1 rings (SSSR count). The van der Waals surface area contributed by atoms with Gasteiger partial charge in [0.1, 0.15) is 0 Å². The first kappa shape index (κ1) is 13.9. The Morgan fingerprint density at radius 1 is 1.29 bits per heavy atom. The molecule has 0 aliphatic carbocycles. The quantitative estimate of drug-likeness (QED) is 0.616. The molecule has 0 aromatic heterocycles. The largest absolute Gasteiger partial charge is 0.469 e. The van der Waals surface area contributed by atoms with Gasteiger partial charge in [-0.25, -0.2) is 0 Å².